The molecule has 7 nitrogen and oxygen atoms in total. The first-order chi connectivity index (χ1) is 12.9. The molecule has 0 spiro atoms. The number of rotatable bonds is 7. The molecule has 0 saturated carbocycles. The van der Waals surface area contributed by atoms with Crippen molar-refractivity contribution >= 4 is 17.6 Å². The third-order valence-electron chi connectivity index (χ3n) is 4.03. The average molecular weight is 373 g/mol. The lowest BCUT2D eigenvalue weighted by Crippen LogP contribution is -2.18. The molecular formula is C20H23NO6. The first-order valence-corrected chi connectivity index (χ1v) is 8.21. The van der Waals surface area contributed by atoms with Crippen molar-refractivity contribution in [2.24, 2.45) is 0 Å². The molecule has 0 aromatic heterocycles. The van der Waals surface area contributed by atoms with E-state index in [1.807, 2.05) is 13.0 Å². The van der Waals surface area contributed by atoms with E-state index in [9.17, 15) is 9.59 Å². The maximum absolute atomic E-state index is 12.6. The molecule has 0 atom stereocenters. The zero-order valence-electron chi connectivity index (χ0n) is 16.0. The molecule has 0 saturated heterocycles. The molecule has 0 heterocycles. The third kappa shape index (κ3) is 4.49. The molecule has 2 rings (SSSR count). The van der Waals surface area contributed by atoms with Gasteiger partial charge >= 0.3 is 5.97 Å². The summed E-state index contributed by atoms with van der Waals surface area (Å²) >= 11 is 0. The van der Waals surface area contributed by atoms with Crippen molar-refractivity contribution in [3.05, 3.63) is 47.0 Å². The van der Waals surface area contributed by atoms with Gasteiger partial charge in [-0.1, -0.05) is 12.1 Å². The summed E-state index contributed by atoms with van der Waals surface area (Å²) in [5.41, 5.74) is 2.17. The van der Waals surface area contributed by atoms with E-state index in [0.717, 1.165) is 5.56 Å². The van der Waals surface area contributed by atoms with Crippen molar-refractivity contribution < 1.29 is 28.5 Å². The molecule has 0 fully saturated rings. The SMILES string of the molecule is COC(=O)c1cccc(C)c1NC(=O)Cc1cc(OC)c(OC)c(OC)c1. The van der Waals surface area contributed by atoms with E-state index < -0.39 is 5.97 Å². The Morgan fingerprint density at radius 1 is 0.963 bits per heavy atom. The number of hydrogen-bond donors (Lipinski definition) is 1. The highest BCUT2D eigenvalue weighted by atomic mass is 16.5. The van der Waals surface area contributed by atoms with Gasteiger partial charge in [0.2, 0.25) is 11.7 Å². The van der Waals surface area contributed by atoms with Crippen LogP contribution < -0.4 is 19.5 Å². The first-order valence-electron chi connectivity index (χ1n) is 8.21. The fourth-order valence-corrected chi connectivity index (χ4v) is 2.72. The quantitative estimate of drug-likeness (QED) is 0.752. The van der Waals surface area contributed by atoms with Gasteiger partial charge in [-0.15, -0.1) is 0 Å². The van der Waals surface area contributed by atoms with E-state index in [1.54, 1.807) is 24.3 Å². The molecule has 0 aliphatic carbocycles. The largest absolute Gasteiger partial charge is 0.493 e. The number of nitrogens with one attached hydrogen (secondary N) is 1. The van der Waals surface area contributed by atoms with E-state index in [2.05, 4.69) is 5.32 Å². The number of anilines is 1. The lowest BCUT2D eigenvalue weighted by Gasteiger charge is -2.15. The molecule has 144 valence electrons. The summed E-state index contributed by atoms with van der Waals surface area (Å²) in [5, 5.41) is 2.79. The topological polar surface area (TPSA) is 83.1 Å². The van der Waals surface area contributed by atoms with Crippen molar-refractivity contribution in [1.82, 2.24) is 0 Å². The lowest BCUT2D eigenvalue weighted by molar-refractivity contribution is -0.115. The highest BCUT2D eigenvalue weighted by molar-refractivity contribution is 6.02. The molecule has 0 radical (unpaired) electrons. The monoisotopic (exact) mass is 373 g/mol. The molecule has 0 aliphatic rings. The number of esters is 1. The number of hydrogen-bond acceptors (Lipinski definition) is 6. The second kappa shape index (κ2) is 8.93. The number of methoxy groups -OCH3 is 4. The lowest BCUT2D eigenvalue weighted by atomic mass is 10.1. The fraction of sp³-hybridized carbons (Fsp3) is 0.300. The average Bonchev–Trinajstić information content (AvgIpc) is 2.67. The Morgan fingerprint density at radius 2 is 1.59 bits per heavy atom. The van der Waals surface area contributed by atoms with E-state index in [4.69, 9.17) is 18.9 Å². The molecule has 27 heavy (non-hydrogen) atoms. The van der Waals surface area contributed by atoms with Crippen LogP contribution >= 0.6 is 0 Å². The van der Waals surface area contributed by atoms with Gasteiger partial charge in [-0.3, -0.25) is 4.79 Å². The number of para-hydroxylation sites is 1. The molecule has 1 N–H and O–H groups in total. The van der Waals surface area contributed by atoms with E-state index in [-0.39, 0.29) is 12.3 Å². The minimum absolute atomic E-state index is 0.0612. The normalized spacial score (nSPS) is 10.1. The van der Waals surface area contributed by atoms with Crippen LogP contribution in [-0.4, -0.2) is 40.3 Å². The van der Waals surface area contributed by atoms with Gasteiger partial charge in [0.25, 0.3) is 0 Å². The summed E-state index contributed by atoms with van der Waals surface area (Å²) in [6, 6.07) is 8.56. The Hall–Kier alpha value is -3.22. The number of carbonyl (C=O) groups excluding carboxylic acids is 2. The van der Waals surface area contributed by atoms with Crippen molar-refractivity contribution in [2.75, 3.05) is 33.8 Å². The number of amides is 1. The van der Waals surface area contributed by atoms with E-state index in [1.165, 1.54) is 28.4 Å². The van der Waals surface area contributed by atoms with Crippen LogP contribution in [0, 0.1) is 6.92 Å². The predicted molar refractivity (Wildman–Crippen MR) is 101 cm³/mol. The highest BCUT2D eigenvalue weighted by Crippen LogP contribution is 2.38. The van der Waals surface area contributed by atoms with Gasteiger partial charge in [-0.25, -0.2) is 4.79 Å². The molecule has 7 heteroatoms. The zero-order chi connectivity index (χ0) is 20.0. The molecule has 0 aliphatic heterocycles. The van der Waals surface area contributed by atoms with Crippen LogP contribution in [0.1, 0.15) is 21.5 Å². The smallest absolute Gasteiger partial charge is 0.339 e. The number of aryl methyl sites for hydroxylation is 1. The van der Waals surface area contributed by atoms with Gasteiger partial charge in [0.05, 0.1) is 46.1 Å². The number of benzene rings is 2. The van der Waals surface area contributed by atoms with Crippen molar-refractivity contribution in [2.45, 2.75) is 13.3 Å². The van der Waals surface area contributed by atoms with Crippen molar-refractivity contribution in [3.8, 4) is 17.2 Å². The van der Waals surface area contributed by atoms with E-state index >= 15 is 0 Å². The predicted octanol–water partition coefficient (Wildman–Crippen LogP) is 2.99. The van der Waals surface area contributed by atoms with Gasteiger partial charge in [0.15, 0.2) is 11.5 Å². The molecule has 2 aromatic carbocycles. The Morgan fingerprint density at radius 3 is 2.11 bits per heavy atom. The van der Waals surface area contributed by atoms with E-state index in [0.29, 0.717) is 34.1 Å². The van der Waals surface area contributed by atoms with Gasteiger partial charge < -0.3 is 24.3 Å². The minimum Gasteiger partial charge on any atom is -0.493 e. The summed E-state index contributed by atoms with van der Waals surface area (Å²) in [6.45, 7) is 1.81. The first kappa shape index (κ1) is 20.1. The third-order valence-corrected chi connectivity index (χ3v) is 4.03. The number of carbonyl (C=O) groups is 2. The summed E-state index contributed by atoms with van der Waals surface area (Å²) in [6.07, 6.45) is 0.0612. The van der Waals surface area contributed by atoms with Crippen LogP contribution in [0.4, 0.5) is 5.69 Å². The van der Waals surface area contributed by atoms with Crippen LogP contribution in [0.15, 0.2) is 30.3 Å². The van der Waals surface area contributed by atoms with Crippen LogP contribution in [0.3, 0.4) is 0 Å². The molecule has 1 amide bonds. The van der Waals surface area contributed by atoms with Gasteiger partial charge in [-0.05, 0) is 36.2 Å². The van der Waals surface area contributed by atoms with Crippen LogP contribution in [-0.2, 0) is 16.0 Å². The maximum Gasteiger partial charge on any atom is 0.339 e. The zero-order valence-corrected chi connectivity index (χ0v) is 16.0. The fourth-order valence-electron chi connectivity index (χ4n) is 2.72. The van der Waals surface area contributed by atoms with Crippen LogP contribution in [0.5, 0.6) is 17.2 Å². The van der Waals surface area contributed by atoms with Crippen molar-refractivity contribution in [1.29, 1.82) is 0 Å². The molecular weight excluding hydrogens is 350 g/mol. The second-order valence-electron chi connectivity index (χ2n) is 5.75. The maximum atomic E-state index is 12.6. The van der Waals surface area contributed by atoms with Crippen LogP contribution in [0.25, 0.3) is 0 Å². The Labute approximate surface area is 158 Å². The standard InChI is InChI=1S/C20H23NO6/c1-12-7-6-8-14(20(23)27-5)18(12)21-17(22)11-13-9-15(24-2)19(26-4)16(10-13)25-3/h6-10H,11H2,1-5H3,(H,21,22). The number of ether oxygens (including phenoxy) is 4. The van der Waals surface area contributed by atoms with Crippen molar-refractivity contribution in [3.63, 3.8) is 0 Å². The summed E-state index contributed by atoms with van der Waals surface area (Å²) in [4.78, 5) is 24.5. The summed E-state index contributed by atoms with van der Waals surface area (Å²) < 4.78 is 20.7. The minimum atomic E-state index is -0.512. The summed E-state index contributed by atoms with van der Waals surface area (Å²) in [5.74, 6) is 0.582. The summed E-state index contributed by atoms with van der Waals surface area (Å²) in [7, 11) is 5.83. The van der Waals surface area contributed by atoms with Crippen LogP contribution in [0.2, 0.25) is 0 Å². The Bertz CT molecular complexity index is 821. The van der Waals surface area contributed by atoms with Gasteiger partial charge in [-0.2, -0.15) is 0 Å². The second-order valence-corrected chi connectivity index (χ2v) is 5.75. The van der Waals surface area contributed by atoms with Gasteiger partial charge in [0, 0.05) is 0 Å². The molecule has 0 bridgehead atoms. The highest BCUT2D eigenvalue weighted by Gasteiger charge is 2.18. The Balaban J connectivity index is 2.28. The molecule has 2 aromatic rings. The Kier molecular flexibility index (Phi) is 6.65. The van der Waals surface area contributed by atoms with Gasteiger partial charge in [0.1, 0.15) is 0 Å². The molecule has 0 unspecified atom stereocenters.